The second-order valence-corrected chi connectivity index (χ2v) is 5.89. The van der Waals surface area contributed by atoms with Crippen LogP contribution in [0.15, 0.2) is 30.3 Å². The van der Waals surface area contributed by atoms with Crippen LogP contribution in [0.5, 0.6) is 0 Å². The van der Waals surface area contributed by atoms with Crippen LogP contribution in [0.25, 0.3) is 0 Å². The molecular formula is C16H24N2O3. The number of nitrogens with one attached hydrogen (secondary N) is 1. The fourth-order valence-electron chi connectivity index (χ4n) is 2.91. The van der Waals surface area contributed by atoms with Crippen molar-refractivity contribution in [2.45, 2.75) is 32.0 Å². The lowest BCUT2D eigenvalue weighted by Crippen LogP contribution is -2.52. The Labute approximate surface area is 125 Å². The molecule has 3 atom stereocenters. The molecule has 1 heterocycles. The summed E-state index contributed by atoms with van der Waals surface area (Å²) in [5.41, 5.74) is 1.21. The van der Waals surface area contributed by atoms with Crippen molar-refractivity contribution in [3.8, 4) is 0 Å². The minimum Gasteiger partial charge on any atom is -0.480 e. The van der Waals surface area contributed by atoms with E-state index in [0.717, 1.165) is 13.0 Å². The van der Waals surface area contributed by atoms with E-state index >= 15 is 0 Å². The third-order valence-electron chi connectivity index (χ3n) is 4.04. The molecule has 1 saturated heterocycles. The van der Waals surface area contributed by atoms with E-state index in [2.05, 4.69) is 17.4 Å². The molecule has 0 radical (unpaired) electrons. The summed E-state index contributed by atoms with van der Waals surface area (Å²) in [4.78, 5) is 12.8. The Hall–Kier alpha value is -1.43. The fraction of sp³-hybridized carbons (Fsp3) is 0.562. The van der Waals surface area contributed by atoms with Crippen molar-refractivity contribution in [1.29, 1.82) is 0 Å². The highest BCUT2D eigenvalue weighted by atomic mass is 16.4. The molecule has 116 valence electrons. The number of aliphatic hydroxyl groups excluding tert-OH is 1. The van der Waals surface area contributed by atoms with Gasteiger partial charge in [-0.2, -0.15) is 0 Å². The van der Waals surface area contributed by atoms with E-state index in [1.807, 2.05) is 23.1 Å². The van der Waals surface area contributed by atoms with Crippen LogP contribution in [0.1, 0.15) is 18.9 Å². The van der Waals surface area contributed by atoms with Gasteiger partial charge in [0.1, 0.15) is 0 Å². The van der Waals surface area contributed by atoms with Gasteiger partial charge in [0.05, 0.1) is 12.6 Å². The molecule has 2 rings (SSSR count). The Morgan fingerprint density at radius 1 is 1.38 bits per heavy atom. The van der Waals surface area contributed by atoms with Gasteiger partial charge in [-0.3, -0.25) is 9.69 Å². The van der Waals surface area contributed by atoms with Crippen LogP contribution >= 0.6 is 0 Å². The zero-order valence-electron chi connectivity index (χ0n) is 12.4. The molecule has 0 aliphatic carbocycles. The predicted octanol–water partition coefficient (Wildman–Crippen LogP) is 0.932. The van der Waals surface area contributed by atoms with Crippen molar-refractivity contribution >= 4 is 5.97 Å². The van der Waals surface area contributed by atoms with E-state index < -0.39 is 12.1 Å². The zero-order chi connectivity index (χ0) is 15.2. The average Bonchev–Trinajstić information content (AvgIpc) is 2.45. The Morgan fingerprint density at radius 2 is 2.10 bits per heavy atom. The molecule has 5 heteroatoms. The van der Waals surface area contributed by atoms with E-state index in [0.29, 0.717) is 13.1 Å². The van der Waals surface area contributed by atoms with Gasteiger partial charge >= 0.3 is 5.97 Å². The molecule has 5 nitrogen and oxygen atoms in total. The Morgan fingerprint density at radius 3 is 2.71 bits per heavy atom. The van der Waals surface area contributed by atoms with Crippen molar-refractivity contribution in [3.63, 3.8) is 0 Å². The Kier molecular flexibility index (Phi) is 5.73. The summed E-state index contributed by atoms with van der Waals surface area (Å²) in [6, 6.07) is 10.3. The molecule has 0 bridgehead atoms. The normalized spacial score (nSPS) is 24.7. The van der Waals surface area contributed by atoms with E-state index in [1.165, 1.54) is 5.56 Å². The molecule has 1 aliphatic rings. The van der Waals surface area contributed by atoms with Gasteiger partial charge in [-0.05, 0) is 24.8 Å². The highest BCUT2D eigenvalue weighted by Crippen LogP contribution is 2.20. The van der Waals surface area contributed by atoms with E-state index in [9.17, 15) is 9.90 Å². The number of likely N-dealkylation sites (tertiary alicyclic amines) is 1. The molecule has 1 aliphatic heterocycles. The number of carboxylic acid groups (broad SMARTS) is 1. The maximum atomic E-state index is 10.9. The predicted molar refractivity (Wildman–Crippen MR) is 80.9 cm³/mol. The first-order valence-electron chi connectivity index (χ1n) is 7.44. The second kappa shape index (κ2) is 7.54. The molecule has 0 amide bonds. The first-order chi connectivity index (χ1) is 10.0. The number of rotatable bonds is 6. The molecular weight excluding hydrogens is 268 g/mol. The standard InChI is InChI=1S/C16H24N2O3/c1-12(19)14-7-15(10-18(9-14)11-16(20)21)17-8-13-5-3-2-4-6-13/h2-6,12,14-15,17,19H,7-11H2,1H3,(H,20,21). The van der Waals surface area contributed by atoms with E-state index in [-0.39, 0.29) is 18.5 Å². The molecule has 3 unspecified atom stereocenters. The third kappa shape index (κ3) is 5.12. The quantitative estimate of drug-likeness (QED) is 0.727. The molecule has 0 spiro atoms. The van der Waals surface area contributed by atoms with Crippen LogP contribution < -0.4 is 5.32 Å². The minimum atomic E-state index is -0.817. The van der Waals surface area contributed by atoms with Gasteiger partial charge in [0.2, 0.25) is 0 Å². The molecule has 1 fully saturated rings. The SMILES string of the molecule is CC(O)C1CC(NCc2ccccc2)CN(CC(=O)O)C1. The molecule has 1 aromatic rings. The number of aliphatic carboxylic acids is 1. The molecule has 21 heavy (non-hydrogen) atoms. The van der Waals surface area contributed by atoms with Gasteiger partial charge in [-0.15, -0.1) is 0 Å². The fourth-order valence-corrected chi connectivity index (χ4v) is 2.91. The number of piperidine rings is 1. The smallest absolute Gasteiger partial charge is 0.317 e. The van der Waals surface area contributed by atoms with Gasteiger partial charge in [0, 0.05) is 25.7 Å². The van der Waals surface area contributed by atoms with Crippen molar-refractivity contribution < 1.29 is 15.0 Å². The highest BCUT2D eigenvalue weighted by molar-refractivity contribution is 5.69. The number of aliphatic hydroxyl groups is 1. The summed E-state index contributed by atoms with van der Waals surface area (Å²) in [7, 11) is 0. The van der Waals surface area contributed by atoms with Gasteiger partial charge in [0.25, 0.3) is 0 Å². The molecule has 0 aromatic heterocycles. The monoisotopic (exact) mass is 292 g/mol. The summed E-state index contributed by atoms with van der Waals surface area (Å²) >= 11 is 0. The lowest BCUT2D eigenvalue weighted by molar-refractivity contribution is -0.139. The number of carboxylic acids is 1. The van der Waals surface area contributed by atoms with Gasteiger partial charge in [-0.25, -0.2) is 0 Å². The van der Waals surface area contributed by atoms with Gasteiger partial charge in [-0.1, -0.05) is 30.3 Å². The topological polar surface area (TPSA) is 72.8 Å². The number of carbonyl (C=O) groups is 1. The number of benzene rings is 1. The minimum absolute atomic E-state index is 0.0345. The maximum Gasteiger partial charge on any atom is 0.317 e. The number of hydrogen-bond donors (Lipinski definition) is 3. The lowest BCUT2D eigenvalue weighted by Gasteiger charge is -2.38. The molecule has 1 aromatic carbocycles. The summed E-state index contributed by atoms with van der Waals surface area (Å²) in [6.07, 6.45) is 0.461. The largest absolute Gasteiger partial charge is 0.480 e. The Bertz CT molecular complexity index is 450. The highest BCUT2D eigenvalue weighted by Gasteiger charge is 2.30. The van der Waals surface area contributed by atoms with Crippen LogP contribution in [-0.2, 0) is 11.3 Å². The van der Waals surface area contributed by atoms with Crippen molar-refractivity contribution in [2.75, 3.05) is 19.6 Å². The number of nitrogens with zero attached hydrogens (tertiary/aromatic N) is 1. The van der Waals surface area contributed by atoms with Crippen molar-refractivity contribution in [2.24, 2.45) is 5.92 Å². The van der Waals surface area contributed by atoms with Crippen LogP contribution in [-0.4, -0.2) is 52.9 Å². The lowest BCUT2D eigenvalue weighted by atomic mass is 9.90. The molecule has 0 saturated carbocycles. The summed E-state index contributed by atoms with van der Waals surface area (Å²) in [5, 5.41) is 22.3. The van der Waals surface area contributed by atoms with Crippen LogP contribution in [0.2, 0.25) is 0 Å². The maximum absolute atomic E-state index is 10.9. The first-order valence-corrected chi connectivity index (χ1v) is 7.44. The summed E-state index contributed by atoms with van der Waals surface area (Å²) in [5.74, 6) is -0.700. The Balaban J connectivity index is 1.92. The first kappa shape index (κ1) is 15.9. The number of hydrogen-bond acceptors (Lipinski definition) is 4. The third-order valence-corrected chi connectivity index (χ3v) is 4.04. The van der Waals surface area contributed by atoms with E-state index in [4.69, 9.17) is 5.11 Å². The van der Waals surface area contributed by atoms with Crippen LogP contribution in [0.3, 0.4) is 0 Å². The van der Waals surface area contributed by atoms with Crippen molar-refractivity contribution in [1.82, 2.24) is 10.2 Å². The van der Waals surface area contributed by atoms with Crippen LogP contribution in [0.4, 0.5) is 0 Å². The second-order valence-electron chi connectivity index (χ2n) is 5.89. The molecule has 3 N–H and O–H groups in total. The summed E-state index contributed by atoms with van der Waals surface area (Å²) in [6.45, 7) is 3.94. The van der Waals surface area contributed by atoms with E-state index in [1.54, 1.807) is 6.92 Å². The zero-order valence-corrected chi connectivity index (χ0v) is 12.4. The van der Waals surface area contributed by atoms with Gasteiger partial charge in [0.15, 0.2) is 0 Å². The summed E-state index contributed by atoms with van der Waals surface area (Å²) < 4.78 is 0. The average molecular weight is 292 g/mol. The van der Waals surface area contributed by atoms with Crippen molar-refractivity contribution in [3.05, 3.63) is 35.9 Å². The van der Waals surface area contributed by atoms with Gasteiger partial charge < -0.3 is 15.5 Å². The van der Waals surface area contributed by atoms with Crippen LogP contribution in [0, 0.1) is 5.92 Å².